The van der Waals surface area contributed by atoms with Gasteiger partial charge >= 0.3 is 0 Å². The Labute approximate surface area is 137 Å². The third kappa shape index (κ3) is 3.81. The standard InChI is InChI=1S/C17H25N3O3/c1-5-20-10-13(6-7-15(20)21)17(22)19-9-14-12(3)16(23-4)11(2)8-18-14/h8,13H,5-7,9-10H2,1-4H3,(H,19,22)/t13-/m1/s1. The summed E-state index contributed by atoms with van der Waals surface area (Å²) >= 11 is 0. The quantitative estimate of drug-likeness (QED) is 0.894. The number of hydrogen-bond acceptors (Lipinski definition) is 4. The SMILES string of the molecule is CCN1C[C@H](C(=O)NCc2ncc(C)c(OC)c2C)CCC1=O. The number of aryl methyl sites for hydroxylation is 1. The molecule has 0 unspecified atom stereocenters. The molecule has 1 fully saturated rings. The molecule has 0 radical (unpaired) electrons. The second-order valence-corrected chi connectivity index (χ2v) is 5.93. The van der Waals surface area contributed by atoms with E-state index in [0.29, 0.717) is 32.5 Å². The van der Waals surface area contributed by atoms with Crippen molar-refractivity contribution in [2.75, 3.05) is 20.2 Å². The first-order chi connectivity index (χ1) is 11.0. The first-order valence-corrected chi connectivity index (χ1v) is 8.02. The number of carbonyl (C=O) groups excluding carboxylic acids is 2. The van der Waals surface area contributed by atoms with Crippen LogP contribution in [0.3, 0.4) is 0 Å². The molecule has 2 amide bonds. The number of pyridine rings is 1. The van der Waals surface area contributed by atoms with Crippen LogP contribution in [0.15, 0.2) is 6.20 Å². The molecule has 0 bridgehead atoms. The van der Waals surface area contributed by atoms with Crippen molar-refractivity contribution >= 4 is 11.8 Å². The van der Waals surface area contributed by atoms with Crippen LogP contribution >= 0.6 is 0 Å². The number of aromatic nitrogens is 1. The molecule has 1 atom stereocenters. The molecule has 0 aliphatic carbocycles. The van der Waals surface area contributed by atoms with Gasteiger partial charge in [0.2, 0.25) is 11.8 Å². The highest BCUT2D eigenvalue weighted by atomic mass is 16.5. The molecule has 2 heterocycles. The second kappa shape index (κ2) is 7.44. The Morgan fingerprint density at radius 2 is 2.22 bits per heavy atom. The van der Waals surface area contributed by atoms with Gasteiger partial charge in [0, 0.05) is 36.8 Å². The minimum atomic E-state index is -0.139. The molecule has 6 heteroatoms. The molecule has 1 aromatic heterocycles. The number of carbonyl (C=O) groups is 2. The summed E-state index contributed by atoms with van der Waals surface area (Å²) < 4.78 is 5.38. The Balaban J connectivity index is 1.98. The average molecular weight is 319 g/mol. The Morgan fingerprint density at radius 1 is 1.48 bits per heavy atom. The number of ether oxygens (including phenoxy) is 1. The summed E-state index contributed by atoms with van der Waals surface area (Å²) in [6.07, 6.45) is 2.82. The van der Waals surface area contributed by atoms with Crippen LogP contribution < -0.4 is 10.1 Å². The molecule has 0 spiro atoms. The number of methoxy groups -OCH3 is 1. The van der Waals surface area contributed by atoms with E-state index in [4.69, 9.17) is 4.74 Å². The van der Waals surface area contributed by atoms with E-state index in [-0.39, 0.29) is 17.7 Å². The summed E-state index contributed by atoms with van der Waals surface area (Å²) in [5.41, 5.74) is 2.73. The molecule has 1 aliphatic heterocycles. The van der Waals surface area contributed by atoms with Gasteiger partial charge in [0.25, 0.3) is 0 Å². The van der Waals surface area contributed by atoms with Gasteiger partial charge in [0.15, 0.2) is 0 Å². The number of piperidine rings is 1. The highest BCUT2D eigenvalue weighted by molar-refractivity contribution is 5.83. The van der Waals surface area contributed by atoms with Gasteiger partial charge in [0.1, 0.15) is 5.75 Å². The fourth-order valence-corrected chi connectivity index (χ4v) is 3.00. The molecule has 23 heavy (non-hydrogen) atoms. The maximum absolute atomic E-state index is 12.4. The van der Waals surface area contributed by atoms with Crippen molar-refractivity contribution in [2.24, 2.45) is 5.92 Å². The zero-order valence-corrected chi connectivity index (χ0v) is 14.3. The Bertz CT molecular complexity index is 601. The van der Waals surface area contributed by atoms with Crippen LogP contribution in [-0.4, -0.2) is 41.9 Å². The van der Waals surface area contributed by atoms with Crippen molar-refractivity contribution in [3.63, 3.8) is 0 Å². The van der Waals surface area contributed by atoms with Gasteiger partial charge in [-0.1, -0.05) is 0 Å². The van der Waals surface area contributed by atoms with Gasteiger partial charge < -0.3 is 15.0 Å². The highest BCUT2D eigenvalue weighted by Gasteiger charge is 2.29. The fraction of sp³-hybridized carbons (Fsp3) is 0.588. The minimum absolute atomic E-state index is 0.0170. The van der Waals surface area contributed by atoms with Crippen LogP contribution in [0.2, 0.25) is 0 Å². The van der Waals surface area contributed by atoms with Crippen molar-refractivity contribution in [1.29, 1.82) is 0 Å². The summed E-state index contributed by atoms with van der Waals surface area (Å²) in [4.78, 5) is 30.2. The Morgan fingerprint density at radius 3 is 2.87 bits per heavy atom. The van der Waals surface area contributed by atoms with Crippen LogP contribution in [0, 0.1) is 19.8 Å². The van der Waals surface area contributed by atoms with Gasteiger partial charge in [-0.2, -0.15) is 0 Å². The number of nitrogens with zero attached hydrogens (tertiary/aromatic N) is 2. The molecule has 1 aliphatic rings. The molecule has 2 rings (SSSR count). The van der Waals surface area contributed by atoms with E-state index >= 15 is 0 Å². The molecular formula is C17H25N3O3. The van der Waals surface area contributed by atoms with E-state index in [1.54, 1.807) is 18.2 Å². The molecule has 6 nitrogen and oxygen atoms in total. The summed E-state index contributed by atoms with van der Waals surface area (Å²) in [6.45, 7) is 7.35. The summed E-state index contributed by atoms with van der Waals surface area (Å²) in [6, 6.07) is 0. The van der Waals surface area contributed by atoms with Gasteiger partial charge in [-0.3, -0.25) is 14.6 Å². The predicted molar refractivity (Wildman–Crippen MR) is 87.1 cm³/mol. The average Bonchev–Trinajstić information content (AvgIpc) is 2.54. The van der Waals surface area contributed by atoms with Gasteiger partial charge in [-0.05, 0) is 27.2 Å². The first kappa shape index (κ1) is 17.2. The Hall–Kier alpha value is -2.11. The fourth-order valence-electron chi connectivity index (χ4n) is 3.00. The zero-order valence-electron chi connectivity index (χ0n) is 14.3. The normalized spacial score (nSPS) is 18.0. The molecular weight excluding hydrogens is 294 g/mol. The lowest BCUT2D eigenvalue weighted by molar-refractivity contribution is -0.138. The van der Waals surface area contributed by atoms with Crippen molar-refractivity contribution in [3.8, 4) is 5.75 Å². The minimum Gasteiger partial charge on any atom is -0.496 e. The van der Waals surface area contributed by atoms with Crippen molar-refractivity contribution in [3.05, 3.63) is 23.0 Å². The number of likely N-dealkylation sites (tertiary alicyclic amines) is 1. The second-order valence-electron chi connectivity index (χ2n) is 5.93. The largest absolute Gasteiger partial charge is 0.496 e. The lowest BCUT2D eigenvalue weighted by Gasteiger charge is -2.31. The third-order valence-corrected chi connectivity index (χ3v) is 4.43. The van der Waals surface area contributed by atoms with Crippen LogP contribution in [-0.2, 0) is 16.1 Å². The number of amides is 2. The molecule has 0 saturated carbocycles. The van der Waals surface area contributed by atoms with Crippen LogP contribution in [0.1, 0.15) is 36.6 Å². The van der Waals surface area contributed by atoms with E-state index in [1.807, 2.05) is 20.8 Å². The third-order valence-electron chi connectivity index (χ3n) is 4.43. The molecule has 0 aromatic carbocycles. The lowest BCUT2D eigenvalue weighted by Crippen LogP contribution is -2.45. The smallest absolute Gasteiger partial charge is 0.225 e. The van der Waals surface area contributed by atoms with Crippen molar-refractivity contribution < 1.29 is 14.3 Å². The molecule has 1 saturated heterocycles. The van der Waals surface area contributed by atoms with Gasteiger partial charge in [-0.15, -0.1) is 0 Å². The van der Waals surface area contributed by atoms with E-state index < -0.39 is 0 Å². The van der Waals surface area contributed by atoms with E-state index in [2.05, 4.69) is 10.3 Å². The highest BCUT2D eigenvalue weighted by Crippen LogP contribution is 2.24. The van der Waals surface area contributed by atoms with E-state index in [0.717, 1.165) is 22.6 Å². The molecule has 1 N–H and O–H groups in total. The molecule has 126 valence electrons. The lowest BCUT2D eigenvalue weighted by atomic mass is 9.96. The number of nitrogens with one attached hydrogen (secondary N) is 1. The monoisotopic (exact) mass is 319 g/mol. The van der Waals surface area contributed by atoms with Gasteiger partial charge in [0.05, 0.1) is 25.3 Å². The van der Waals surface area contributed by atoms with Crippen molar-refractivity contribution in [2.45, 2.75) is 40.2 Å². The van der Waals surface area contributed by atoms with Crippen LogP contribution in [0.4, 0.5) is 0 Å². The maximum Gasteiger partial charge on any atom is 0.225 e. The van der Waals surface area contributed by atoms with Crippen molar-refractivity contribution in [1.82, 2.24) is 15.2 Å². The summed E-state index contributed by atoms with van der Waals surface area (Å²) in [5.74, 6) is 0.791. The van der Waals surface area contributed by atoms with Gasteiger partial charge in [-0.25, -0.2) is 0 Å². The first-order valence-electron chi connectivity index (χ1n) is 8.02. The van der Waals surface area contributed by atoms with Crippen LogP contribution in [0.25, 0.3) is 0 Å². The Kier molecular flexibility index (Phi) is 5.58. The number of rotatable bonds is 5. The number of hydrogen-bond donors (Lipinski definition) is 1. The maximum atomic E-state index is 12.4. The molecule has 1 aromatic rings. The summed E-state index contributed by atoms with van der Waals surface area (Å²) in [5, 5.41) is 2.94. The topological polar surface area (TPSA) is 71.5 Å². The zero-order chi connectivity index (χ0) is 17.0. The van der Waals surface area contributed by atoms with Crippen LogP contribution in [0.5, 0.6) is 5.75 Å². The predicted octanol–water partition coefficient (Wildman–Crippen LogP) is 1.58. The summed E-state index contributed by atoms with van der Waals surface area (Å²) in [7, 11) is 1.63. The van der Waals surface area contributed by atoms with E-state index in [9.17, 15) is 9.59 Å². The van der Waals surface area contributed by atoms with E-state index in [1.165, 1.54) is 0 Å².